The summed E-state index contributed by atoms with van der Waals surface area (Å²) in [7, 11) is 1.29. The Morgan fingerprint density at radius 3 is 1.40 bits per heavy atom. The van der Waals surface area contributed by atoms with Crippen molar-refractivity contribution < 1.29 is 43.2 Å². The molecule has 5 atom stereocenters. The first-order chi connectivity index (χ1) is 19.5. The van der Waals surface area contributed by atoms with Gasteiger partial charge in [-0.3, -0.25) is 16.0 Å². The minimum absolute atomic E-state index is 0.431. The van der Waals surface area contributed by atoms with Crippen LogP contribution in [0.5, 0.6) is 0 Å². The molecule has 3 aromatic carbocycles. The smallest absolute Gasteiger partial charge is 0.412 e. The van der Waals surface area contributed by atoms with E-state index >= 15 is 0 Å². The van der Waals surface area contributed by atoms with Gasteiger partial charge in [-0.05, 0) is 36.4 Å². The van der Waals surface area contributed by atoms with Crippen LogP contribution in [0, 0.1) is 0 Å². The lowest BCUT2D eigenvalue weighted by Gasteiger charge is -2.43. The van der Waals surface area contributed by atoms with Gasteiger partial charge in [-0.1, -0.05) is 54.6 Å². The van der Waals surface area contributed by atoms with E-state index in [1.165, 1.54) is 7.11 Å². The summed E-state index contributed by atoms with van der Waals surface area (Å²) in [6.45, 7) is -0.633. The molecule has 1 aliphatic rings. The van der Waals surface area contributed by atoms with E-state index in [9.17, 15) is 19.5 Å². The van der Waals surface area contributed by atoms with E-state index in [1.54, 1.807) is 91.0 Å². The molecule has 12 heteroatoms. The van der Waals surface area contributed by atoms with Gasteiger partial charge in [0.25, 0.3) is 0 Å². The van der Waals surface area contributed by atoms with Crippen molar-refractivity contribution in [3.05, 3.63) is 91.0 Å². The average molecular weight is 552 g/mol. The second-order valence-corrected chi connectivity index (χ2v) is 8.54. The SMILES string of the molecule is CO[C@H]1O[C@H](CO)[C@@H](OC(=O)Nc2ccccc2)[C@H](OC(=O)Nc2ccccc2)[C@@H]1OC(=O)Nc1ccccc1. The summed E-state index contributed by atoms with van der Waals surface area (Å²) in [4.78, 5) is 38.5. The van der Waals surface area contributed by atoms with Gasteiger partial charge in [-0.15, -0.1) is 0 Å². The van der Waals surface area contributed by atoms with Crippen molar-refractivity contribution in [2.75, 3.05) is 29.7 Å². The highest BCUT2D eigenvalue weighted by Crippen LogP contribution is 2.30. The molecular weight excluding hydrogens is 522 g/mol. The van der Waals surface area contributed by atoms with Crippen molar-refractivity contribution >= 4 is 35.3 Å². The van der Waals surface area contributed by atoms with Gasteiger partial charge in [-0.25, -0.2) is 14.4 Å². The monoisotopic (exact) mass is 551 g/mol. The van der Waals surface area contributed by atoms with Gasteiger partial charge >= 0.3 is 18.3 Å². The number of aliphatic hydroxyl groups is 1. The lowest BCUT2D eigenvalue weighted by atomic mass is 9.98. The van der Waals surface area contributed by atoms with Crippen molar-refractivity contribution in [3.8, 4) is 0 Å². The highest BCUT2D eigenvalue weighted by atomic mass is 16.7. The molecule has 3 amide bonds. The zero-order valence-electron chi connectivity index (χ0n) is 21.5. The van der Waals surface area contributed by atoms with Gasteiger partial charge in [0, 0.05) is 24.2 Å². The Bertz CT molecular complexity index is 1180. The third kappa shape index (κ3) is 7.69. The molecule has 4 rings (SSSR count). The maximum absolute atomic E-state index is 12.9. The van der Waals surface area contributed by atoms with Crippen molar-refractivity contribution in [1.29, 1.82) is 0 Å². The van der Waals surface area contributed by atoms with Crippen LogP contribution in [-0.2, 0) is 23.7 Å². The molecule has 0 radical (unpaired) electrons. The molecule has 1 heterocycles. The van der Waals surface area contributed by atoms with E-state index in [4.69, 9.17) is 23.7 Å². The number of anilines is 3. The maximum atomic E-state index is 12.9. The van der Waals surface area contributed by atoms with E-state index in [-0.39, 0.29) is 0 Å². The first kappa shape index (κ1) is 28.4. The van der Waals surface area contributed by atoms with Crippen molar-refractivity contribution in [3.63, 3.8) is 0 Å². The maximum Gasteiger partial charge on any atom is 0.412 e. The quantitative estimate of drug-likeness (QED) is 0.302. The molecule has 0 aromatic heterocycles. The molecule has 0 aliphatic carbocycles. The summed E-state index contributed by atoms with van der Waals surface area (Å²) < 4.78 is 27.9. The standard InChI is InChI=1S/C28H29N3O9/c1-36-25-24(40-28(35)31-20-15-9-4-10-16-20)23(39-27(34)30-19-13-7-3-8-14-19)22(21(17-32)37-25)38-26(33)29-18-11-5-2-6-12-18/h2-16,21-25,32H,17H2,1H3,(H,29,33)(H,30,34)(H,31,35)/t21-,22-,23+,24+,25+/m1/s1. The van der Waals surface area contributed by atoms with Crippen LogP contribution in [0.15, 0.2) is 91.0 Å². The number of carbonyl (C=O) groups is 3. The number of carbonyl (C=O) groups excluding carboxylic acids is 3. The molecule has 210 valence electrons. The van der Waals surface area contributed by atoms with Crippen LogP contribution in [0.3, 0.4) is 0 Å². The molecule has 1 fully saturated rings. The van der Waals surface area contributed by atoms with Crippen LogP contribution in [0.4, 0.5) is 31.4 Å². The van der Waals surface area contributed by atoms with Gasteiger partial charge in [0.05, 0.1) is 6.61 Å². The third-order valence-corrected chi connectivity index (χ3v) is 5.79. The van der Waals surface area contributed by atoms with Crippen LogP contribution in [-0.4, -0.2) is 67.8 Å². The molecule has 0 bridgehead atoms. The summed E-state index contributed by atoms with van der Waals surface area (Å²) in [5.74, 6) is 0. The summed E-state index contributed by atoms with van der Waals surface area (Å²) in [6, 6.07) is 25.5. The predicted octanol–water partition coefficient (Wildman–Crippen LogP) is 4.20. The molecule has 40 heavy (non-hydrogen) atoms. The Balaban J connectivity index is 1.58. The molecule has 0 unspecified atom stereocenters. The first-order valence-electron chi connectivity index (χ1n) is 12.3. The van der Waals surface area contributed by atoms with E-state index in [2.05, 4.69) is 16.0 Å². The Kier molecular flexibility index (Phi) is 9.88. The number of amides is 3. The molecule has 1 aliphatic heterocycles. The Labute approximate surface area is 230 Å². The zero-order chi connectivity index (χ0) is 28.3. The second-order valence-electron chi connectivity index (χ2n) is 8.54. The number of aliphatic hydroxyl groups excluding tert-OH is 1. The number of para-hydroxylation sites is 3. The minimum Gasteiger partial charge on any atom is -0.439 e. The topological polar surface area (TPSA) is 154 Å². The van der Waals surface area contributed by atoms with Crippen LogP contribution in [0.2, 0.25) is 0 Å². The fraction of sp³-hybridized carbons (Fsp3) is 0.250. The molecule has 3 aromatic rings. The highest BCUT2D eigenvalue weighted by molar-refractivity contribution is 5.86. The number of nitrogens with one attached hydrogen (secondary N) is 3. The largest absolute Gasteiger partial charge is 0.439 e. The van der Waals surface area contributed by atoms with Gasteiger partial charge in [-0.2, -0.15) is 0 Å². The highest BCUT2D eigenvalue weighted by Gasteiger charge is 2.52. The van der Waals surface area contributed by atoms with Gasteiger partial charge in [0.15, 0.2) is 24.6 Å². The number of benzene rings is 3. The van der Waals surface area contributed by atoms with Gasteiger partial charge in [0.2, 0.25) is 0 Å². The summed E-state index contributed by atoms with van der Waals surface area (Å²) in [6.07, 6.45) is -9.51. The van der Waals surface area contributed by atoms with Crippen molar-refractivity contribution in [2.45, 2.75) is 30.7 Å². The molecular formula is C28H29N3O9. The first-order valence-corrected chi connectivity index (χ1v) is 12.3. The number of rotatable bonds is 8. The Morgan fingerprint density at radius 1 is 0.650 bits per heavy atom. The van der Waals surface area contributed by atoms with Gasteiger partial charge < -0.3 is 28.8 Å². The van der Waals surface area contributed by atoms with Crippen LogP contribution >= 0.6 is 0 Å². The normalized spacial score (nSPS) is 21.9. The molecule has 4 N–H and O–H groups in total. The molecule has 0 saturated carbocycles. The predicted molar refractivity (Wildman–Crippen MR) is 144 cm³/mol. The average Bonchev–Trinajstić information content (AvgIpc) is 2.96. The number of ether oxygens (including phenoxy) is 5. The van der Waals surface area contributed by atoms with Crippen molar-refractivity contribution in [2.24, 2.45) is 0 Å². The van der Waals surface area contributed by atoms with Crippen molar-refractivity contribution in [1.82, 2.24) is 0 Å². The Hall–Kier alpha value is -4.65. The van der Waals surface area contributed by atoms with Crippen LogP contribution in [0.1, 0.15) is 0 Å². The zero-order valence-corrected chi connectivity index (χ0v) is 21.5. The summed E-state index contributed by atoms with van der Waals surface area (Å²) >= 11 is 0. The fourth-order valence-electron chi connectivity index (χ4n) is 3.99. The molecule has 1 saturated heterocycles. The van der Waals surface area contributed by atoms with E-state index in [0.717, 1.165) is 0 Å². The second kappa shape index (κ2) is 13.9. The third-order valence-electron chi connectivity index (χ3n) is 5.79. The summed E-state index contributed by atoms with van der Waals surface area (Å²) in [5.41, 5.74) is 1.31. The summed E-state index contributed by atoms with van der Waals surface area (Å²) in [5, 5.41) is 17.7. The van der Waals surface area contributed by atoms with Gasteiger partial charge in [0.1, 0.15) is 6.10 Å². The number of hydrogen-bond acceptors (Lipinski definition) is 9. The number of hydrogen-bond donors (Lipinski definition) is 4. The fourth-order valence-corrected chi connectivity index (χ4v) is 3.99. The van der Waals surface area contributed by atoms with E-state index in [1.807, 2.05) is 0 Å². The van der Waals surface area contributed by atoms with E-state index < -0.39 is 55.6 Å². The minimum atomic E-state index is -1.46. The lowest BCUT2D eigenvalue weighted by molar-refractivity contribution is -0.290. The molecule has 0 spiro atoms. The number of methoxy groups -OCH3 is 1. The Morgan fingerprint density at radius 2 is 1.02 bits per heavy atom. The molecule has 12 nitrogen and oxygen atoms in total. The van der Waals surface area contributed by atoms with E-state index in [0.29, 0.717) is 17.1 Å². The van der Waals surface area contributed by atoms with Crippen LogP contribution in [0.25, 0.3) is 0 Å². The lowest BCUT2D eigenvalue weighted by Crippen LogP contribution is -2.63. The van der Waals surface area contributed by atoms with Crippen LogP contribution < -0.4 is 16.0 Å².